The third-order valence-electron chi connectivity index (χ3n) is 3.65. The largest absolute Gasteiger partial charge is 0.335 e. The molecule has 1 aliphatic heterocycles. The second kappa shape index (κ2) is 5.20. The van der Waals surface area contributed by atoms with Crippen LogP contribution in [0, 0.1) is 17.2 Å². The number of nitrogens with zero attached hydrogens (tertiary/aromatic N) is 2. The smallest absolute Gasteiger partial charge is 0.317 e. The molecule has 2 amide bonds. The predicted molar refractivity (Wildman–Crippen MR) is 60.7 cm³/mol. The van der Waals surface area contributed by atoms with Crippen LogP contribution < -0.4 is 5.32 Å². The number of rotatable bonds is 1. The van der Waals surface area contributed by atoms with Gasteiger partial charge in [0.15, 0.2) is 0 Å². The molecule has 1 heterocycles. The highest BCUT2D eigenvalue weighted by atomic mass is 16.2. The zero-order valence-electron chi connectivity index (χ0n) is 9.61. The quantitative estimate of drug-likeness (QED) is 0.735. The Bertz CT molecular complexity index is 283. The highest BCUT2D eigenvalue weighted by Gasteiger charge is 2.25. The van der Waals surface area contributed by atoms with E-state index in [0.29, 0.717) is 6.04 Å². The lowest BCUT2D eigenvalue weighted by atomic mass is 9.99. The highest BCUT2D eigenvalue weighted by Crippen LogP contribution is 2.19. The summed E-state index contributed by atoms with van der Waals surface area (Å²) in [6.45, 7) is 1.47. The van der Waals surface area contributed by atoms with Gasteiger partial charge >= 0.3 is 6.03 Å². The first kappa shape index (κ1) is 11.3. The van der Waals surface area contributed by atoms with Gasteiger partial charge in [0.25, 0.3) is 0 Å². The van der Waals surface area contributed by atoms with Crippen molar-refractivity contribution in [3.8, 4) is 6.07 Å². The lowest BCUT2D eigenvalue weighted by Gasteiger charge is -2.30. The molecule has 0 aromatic rings. The summed E-state index contributed by atoms with van der Waals surface area (Å²) in [6.07, 6.45) is 6.38. The monoisotopic (exact) mass is 221 g/mol. The summed E-state index contributed by atoms with van der Waals surface area (Å²) in [5, 5.41) is 11.9. The Kier molecular flexibility index (Phi) is 3.66. The molecule has 0 aromatic carbocycles. The van der Waals surface area contributed by atoms with Gasteiger partial charge in [0.2, 0.25) is 0 Å². The third-order valence-corrected chi connectivity index (χ3v) is 3.65. The van der Waals surface area contributed by atoms with Gasteiger partial charge in [0.05, 0.1) is 6.07 Å². The summed E-state index contributed by atoms with van der Waals surface area (Å²) in [7, 11) is 0. The zero-order valence-corrected chi connectivity index (χ0v) is 9.61. The van der Waals surface area contributed by atoms with E-state index in [1.54, 1.807) is 0 Å². The Hall–Kier alpha value is -1.24. The van der Waals surface area contributed by atoms with Gasteiger partial charge in [-0.1, -0.05) is 12.8 Å². The molecular formula is C12H19N3O. The molecule has 0 bridgehead atoms. The van der Waals surface area contributed by atoms with E-state index < -0.39 is 0 Å². The Balaban J connectivity index is 1.75. The first-order valence-electron chi connectivity index (χ1n) is 6.24. The number of likely N-dealkylation sites (tertiary alicyclic amines) is 1. The van der Waals surface area contributed by atoms with Gasteiger partial charge in [-0.25, -0.2) is 4.79 Å². The fourth-order valence-electron chi connectivity index (χ4n) is 2.55. The van der Waals surface area contributed by atoms with Crippen molar-refractivity contribution in [1.82, 2.24) is 10.2 Å². The number of carbonyl (C=O) groups is 1. The van der Waals surface area contributed by atoms with Crippen molar-refractivity contribution in [3.05, 3.63) is 0 Å². The average Bonchev–Trinajstić information content (AvgIpc) is 2.82. The summed E-state index contributed by atoms with van der Waals surface area (Å²) in [6, 6.07) is 2.74. The van der Waals surface area contributed by atoms with Crippen LogP contribution in [-0.4, -0.2) is 30.1 Å². The number of hydrogen-bond acceptors (Lipinski definition) is 2. The van der Waals surface area contributed by atoms with E-state index >= 15 is 0 Å². The van der Waals surface area contributed by atoms with Crippen molar-refractivity contribution < 1.29 is 4.79 Å². The van der Waals surface area contributed by atoms with E-state index in [9.17, 15) is 4.79 Å². The molecule has 0 aromatic heterocycles. The molecule has 0 radical (unpaired) electrons. The maximum Gasteiger partial charge on any atom is 0.317 e. The van der Waals surface area contributed by atoms with Crippen molar-refractivity contribution >= 4 is 6.03 Å². The fraction of sp³-hybridized carbons (Fsp3) is 0.833. The molecule has 0 atom stereocenters. The van der Waals surface area contributed by atoms with Crippen LogP contribution in [-0.2, 0) is 0 Å². The average molecular weight is 221 g/mol. The van der Waals surface area contributed by atoms with Crippen LogP contribution in [0.5, 0.6) is 0 Å². The van der Waals surface area contributed by atoms with Crippen LogP contribution in [0.2, 0.25) is 0 Å². The van der Waals surface area contributed by atoms with Crippen molar-refractivity contribution in [1.29, 1.82) is 5.26 Å². The Labute approximate surface area is 96.6 Å². The minimum Gasteiger partial charge on any atom is -0.335 e. The van der Waals surface area contributed by atoms with Gasteiger partial charge < -0.3 is 10.2 Å². The van der Waals surface area contributed by atoms with E-state index in [0.717, 1.165) is 38.8 Å². The maximum atomic E-state index is 11.9. The van der Waals surface area contributed by atoms with Crippen LogP contribution in [0.15, 0.2) is 0 Å². The first-order chi connectivity index (χ1) is 7.79. The van der Waals surface area contributed by atoms with E-state index in [1.165, 1.54) is 12.8 Å². The number of nitrogens with one attached hydrogen (secondary N) is 1. The molecule has 4 heteroatoms. The molecule has 1 aliphatic carbocycles. The summed E-state index contributed by atoms with van der Waals surface area (Å²) in [5.41, 5.74) is 0. The Morgan fingerprint density at radius 3 is 2.38 bits per heavy atom. The van der Waals surface area contributed by atoms with Crippen LogP contribution in [0.4, 0.5) is 4.79 Å². The lowest BCUT2D eigenvalue weighted by Crippen LogP contribution is -2.47. The van der Waals surface area contributed by atoms with E-state index in [1.807, 2.05) is 4.90 Å². The minimum atomic E-state index is 0.0725. The van der Waals surface area contributed by atoms with Gasteiger partial charge in [0.1, 0.15) is 0 Å². The van der Waals surface area contributed by atoms with Crippen LogP contribution in [0.1, 0.15) is 38.5 Å². The van der Waals surface area contributed by atoms with Gasteiger partial charge in [0, 0.05) is 25.0 Å². The van der Waals surface area contributed by atoms with Crippen molar-refractivity contribution in [2.45, 2.75) is 44.6 Å². The molecule has 4 nitrogen and oxygen atoms in total. The predicted octanol–water partition coefficient (Wildman–Crippen LogP) is 1.87. The molecule has 1 saturated heterocycles. The minimum absolute atomic E-state index is 0.0725. The van der Waals surface area contributed by atoms with Gasteiger partial charge in [-0.3, -0.25) is 0 Å². The van der Waals surface area contributed by atoms with Gasteiger partial charge in [-0.15, -0.1) is 0 Å². The number of amides is 2. The second-order valence-electron chi connectivity index (χ2n) is 4.82. The molecule has 2 aliphatic rings. The van der Waals surface area contributed by atoms with E-state index in [-0.39, 0.29) is 11.9 Å². The molecule has 88 valence electrons. The van der Waals surface area contributed by atoms with Crippen molar-refractivity contribution in [3.63, 3.8) is 0 Å². The number of carbonyl (C=O) groups excluding carboxylic acids is 1. The molecule has 2 fully saturated rings. The third kappa shape index (κ3) is 2.66. The van der Waals surface area contributed by atoms with Crippen molar-refractivity contribution in [2.75, 3.05) is 13.1 Å². The molecule has 2 rings (SSSR count). The normalized spacial score (nSPS) is 23.1. The first-order valence-corrected chi connectivity index (χ1v) is 6.24. The maximum absolute atomic E-state index is 11.9. The van der Waals surface area contributed by atoms with E-state index in [4.69, 9.17) is 5.26 Å². The van der Waals surface area contributed by atoms with Crippen LogP contribution in [0.3, 0.4) is 0 Å². The number of hydrogen-bond donors (Lipinski definition) is 1. The summed E-state index contributed by atoms with van der Waals surface area (Å²) in [4.78, 5) is 13.7. The molecule has 16 heavy (non-hydrogen) atoms. The summed E-state index contributed by atoms with van der Waals surface area (Å²) in [5.74, 6) is 0.149. The standard InChI is InChI=1S/C12H19N3O/c13-9-10-5-7-15(8-6-10)12(16)14-11-3-1-2-4-11/h10-11H,1-8H2,(H,14,16). The highest BCUT2D eigenvalue weighted by molar-refractivity contribution is 5.74. The number of nitriles is 1. The number of piperidine rings is 1. The summed E-state index contributed by atoms with van der Waals surface area (Å²) >= 11 is 0. The zero-order chi connectivity index (χ0) is 11.4. The second-order valence-corrected chi connectivity index (χ2v) is 4.82. The van der Waals surface area contributed by atoms with Crippen molar-refractivity contribution in [2.24, 2.45) is 5.92 Å². The Morgan fingerprint density at radius 1 is 1.19 bits per heavy atom. The SMILES string of the molecule is N#CC1CCN(C(=O)NC2CCCC2)CC1. The van der Waals surface area contributed by atoms with Crippen LogP contribution >= 0.6 is 0 Å². The number of urea groups is 1. The summed E-state index contributed by atoms with van der Waals surface area (Å²) < 4.78 is 0. The molecule has 1 N–H and O–H groups in total. The lowest BCUT2D eigenvalue weighted by molar-refractivity contribution is 0.175. The fourth-order valence-corrected chi connectivity index (χ4v) is 2.55. The van der Waals surface area contributed by atoms with Crippen LogP contribution in [0.25, 0.3) is 0 Å². The van der Waals surface area contributed by atoms with Gasteiger partial charge in [-0.2, -0.15) is 5.26 Å². The molecular weight excluding hydrogens is 202 g/mol. The molecule has 0 spiro atoms. The Morgan fingerprint density at radius 2 is 1.81 bits per heavy atom. The van der Waals surface area contributed by atoms with E-state index in [2.05, 4.69) is 11.4 Å². The topological polar surface area (TPSA) is 56.1 Å². The molecule has 1 saturated carbocycles. The molecule has 0 unspecified atom stereocenters. The van der Waals surface area contributed by atoms with Gasteiger partial charge in [-0.05, 0) is 25.7 Å².